The Morgan fingerprint density at radius 2 is 2.11 bits per heavy atom. The third-order valence-corrected chi connectivity index (χ3v) is 4.07. The van der Waals surface area contributed by atoms with E-state index in [4.69, 9.17) is 0 Å². The third kappa shape index (κ3) is 3.88. The minimum Gasteiger partial charge on any atom is -0.506 e. The summed E-state index contributed by atoms with van der Waals surface area (Å²) < 4.78 is 0.986. The van der Waals surface area contributed by atoms with E-state index in [1.807, 2.05) is 6.07 Å². The fourth-order valence-electron chi connectivity index (χ4n) is 2.40. The predicted molar refractivity (Wildman–Crippen MR) is 100 cm³/mol. The second kappa shape index (κ2) is 8.13. The summed E-state index contributed by atoms with van der Waals surface area (Å²) in [5.41, 5.74) is -1.50. The fraction of sp³-hybridized carbons (Fsp3) is 0.222. The van der Waals surface area contributed by atoms with Gasteiger partial charge in [0.2, 0.25) is 5.88 Å². The first-order valence-electron chi connectivity index (χ1n) is 8.09. The zero-order chi connectivity index (χ0) is 21.0. The Kier molecular flexibility index (Phi) is 5.90. The molecule has 0 saturated heterocycles. The molecule has 1 aromatic heterocycles. The van der Waals surface area contributed by atoms with E-state index in [2.05, 4.69) is 16.8 Å². The van der Waals surface area contributed by atoms with Gasteiger partial charge >= 0.3 is 0 Å². The molecule has 0 aliphatic carbocycles. The van der Waals surface area contributed by atoms with Crippen molar-refractivity contribution in [3.05, 3.63) is 62.4 Å². The molecule has 10 heteroatoms. The van der Waals surface area contributed by atoms with Crippen molar-refractivity contribution in [3.63, 3.8) is 0 Å². The van der Waals surface area contributed by atoms with Crippen molar-refractivity contribution < 1.29 is 15.1 Å². The summed E-state index contributed by atoms with van der Waals surface area (Å²) in [5.74, 6) is -1.04. The van der Waals surface area contributed by atoms with E-state index < -0.39 is 16.4 Å². The number of nitro benzene ring substituents is 1. The molecule has 1 atom stereocenters. The summed E-state index contributed by atoms with van der Waals surface area (Å²) >= 11 is 0. The number of pyridine rings is 1. The highest BCUT2D eigenvalue weighted by molar-refractivity contribution is 5.59. The van der Waals surface area contributed by atoms with Gasteiger partial charge in [-0.25, -0.2) is 0 Å². The molecule has 1 heterocycles. The number of non-ortho nitro benzene ring substituents is 1. The first kappa shape index (κ1) is 20.3. The van der Waals surface area contributed by atoms with Crippen LogP contribution in [0.3, 0.4) is 0 Å². The molecule has 2 aromatic rings. The second-order valence-electron chi connectivity index (χ2n) is 6.04. The molecule has 2 N–H and O–H groups in total. The van der Waals surface area contributed by atoms with Gasteiger partial charge in [-0.15, -0.1) is 16.8 Å². The number of allylic oxidation sites excluding steroid dienone is 1. The molecule has 0 saturated carbocycles. The number of hydrogen-bond donors (Lipinski definition) is 2. The quantitative estimate of drug-likeness (QED) is 0.336. The highest BCUT2D eigenvalue weighted by atomic mass is 16.6. The molecule has 0 bridgehead atoms. The summed E-state index contributed by atoms with van der Waals surface area (Å²) in [6, 6.07) is 5.00. The summed E-state index contributed by atoms with van der Waals surface area (Å²) in [6.45, 7) is 6.87. The number of nitriles is 1. The van der Waals surface area contributed by atoms with Crippen molar-refractivity contribution >= 4 is 17.1 Å². The SMILES string of the molecule is C=CC(C)Cn1c(O)c(C#N)c(C)c(N=Nc2cc([N+](=O)[O-])ccc2O)c1=O. The fourth-order valence-corrected chi connectivity index (χ4v) is 2.40. The Balaban J connectivity index is 2.65. The van der Waals surface area contributed by atoms with Crippen LogP contribution in [0.2, 0.25) is 0 Å². The largest absolute Gasteiger partial charge is 0.506 e. The van der Waals surface area contributed by atoms with Crippen LogP contribution < -0.4 is 5.56 Å². The Labute approximate surface area is 159 Å². The predicted octanol–water partition coefficient (Wildman–Crippen LogP) is 3.59. The van der Waals surface area contributed by atoms with Crippen LogP contribution in [-0.4, -0.2) is 19.7 Å². The topological polar surface area (TPSA) is 154 Å². The van der Waals surface area contributed by atoms with Gasteiger partial charge in [0.05, 0.1) is 4.92 Å². The van der Waals surface area contributed by atoms with Gasteiger partial charge in [0.15, 0.2) is 5.69 Å². The number of nitrogens with zero attached hydrogens (tertiary/aromatic N) is 5. The normalized spacial score (nSPS) is 11.9. The lowest BCUT2D eigenvalue weighted by molar-refractivity contribution is -0.384. The van der Waals surface area contributed by atoms with Gasteiger partial charge in [0.25, 0.3) is 11.2 Å². The van der Waals surface area contributed by atoms with Crippen molar-refractivity contribution in [1.82, 2.24) is 4.57 Å². The van der Waals surface area contributed by atoms with E-state index in [1.54, 1.807) is 13.0 Å². The van der Waals surface area contributed by atoms with Gasteiger partial charge in [0.1, 0.15) is 23.1 Å². The third-order valence-electron chi connectivity index (χ3n) is 4.07. The van der Waals surface area contributed by atoms with Gasteiger partial charge in [0, 0.05) is 24.2 Å². The number of phenols is 1. The molecule has 1 unspecified atom stereocenters. The summed E-state index contributed by atoms with van der Waals surface area (Å²) in [7, 11) is 0. The Bertz CT molecular complexity index is 1080. The first-order chi connectivity index (χ1) is 13.2. The highest BCUT2D eigenvalue weighted by Gasteiger charge is 2.20. The van der Waals surface area contributed by atoms with E-state index in [-0.39, 0.29) is 46.4 Å². The summed E-state index contributed by atoms with van der Waals surface area (Å²) in [5, 5.41) is 47.8. The highest BCUT2D eigenvalue weighted by Crippen LogP contribution is 2.33. The summed E-state index contributed by atoms with van der Waals surface area (Å²) in [6.07, 6.45) is 1.58. The minimum absolute atomic E-state index is 0.0632. The number of benzene rings is 1. The van der Waals surface area contributed by atoms with E-state index in [0.717, 1.165) is 22.8 Å². The molecule has 28 heavy (non-hydrogen) atoms. The monoisotopic (exact) mass is 383 g/mol. The minimum atomic E-state index is -0.698. The lowest BCUT2D eigenvalue weighted by atomic mass is 10.1. The smallest absolute Gasteiger partial charge is 0.281 e. The van der Waals surface area contributed by atoms with E-state index in [0.29, 0.717) is 0 Å². The van der Waals surface area contributed by atoms with Crippen LogP contribution in [0, 0.1) is 34.3 Å². The molecule has 0 fully saturated rings. The Morgan fingerprint density at radius 1 is 1.43 bits per heavy atom. The van der Waals surface area contributed by atoms with E-state index in [1.165, 1.54) is 6.92 Å². The molecular weight excluding hydrogens is 366 g/mol. The zero-order valence-electron chi connectivity index (χ0n) is 15.2. The molecule has 144 valence electrons. The molecule has 0 aliphatic heterocycles. The molecule has 2 rings (SSSR count). The lowest BCUT2D eigenvalue weighted by Crippen LogP contribution is -2.24. The molecular formula is C18H17N5O5. The second-order valence-corrected chi connectivity index (χ2v) is 6.04. The van der Waals surface area contributed by atoms with Crippen LogP contribution in [0.25, 0.3) is 0 Å². The van der Waals surface area contributed by atoms with Gasteiger partial charge in [-0.1, -0.05) is 13.0 Å². The van der Waals surface area contributed by atoms with Crippen molar-refractivity contribution in [3.8, 4) is 17.7 Å². The van der Waals surface area contributed by atoms with Gasteiger partial charge in [-0.3, -0.25) is 19.5 Å². The molecule has 1 aromatic carbocycles. The van der Waals surface area contributed by atoms with Crippen LogP contribution in [0.5, 0.6) is 11.6 Å². The average Bonchev–Trinajstić information content (AvgIpc) is 2.66. The lowest BCUT2D eigenvalue weighted by Gasteiger charge is -2.15. The van der Waals surface area contributed by atoms with E-state index >= 15 is 0 Å². The van der Waals surface area contributed by atoms with Crippen molar-refractivity contribution in [2.45, 2.75) is 20.4 Å². The Hall–Kier alpha value is -4.00. The Morgan fingerprint density at radius 3 is 2.68 bits per heavy atom. The number of hydrogen-bond acceptors (Lipinski definition) is 8. The van der Waals surface area contributed by atoms with Crippen molar-refractivity contribution in [2.75, 3.05) is 0 Å². The van der Waals surface area contributed by atoms with Crippen LogP contribution >= 0.6 is 0 Å². The molecule has 0 amide bonds. The van der Waals surface area contributed by atoms with Crippen LogP contribution in [0.1, 0.15) is 18.1 Å². The van der Waals surface area contributed by atoms with E-state index in [9.17, 15) is 30.4 Å². The van der Waals surface area contributed by atoms with Crippen molar-refractivity contribution in [1.29, 1.82) is 5.26 Å². The van der Waals surface area contributed by atoms with Gasteiger partial charge < -0.3 is 10.2 Å². The van der Waals surface area contributed by atoms with Crippen LogP contribution in [0.4, 0.5) is 17.1 Å². The average molecular weight is 383 g/mol. The molecule has 0 spiro atoms. The molecule has 0 radical (unpaired) electrons. The first-order valence-corrected chi connectivity index (χ1v) is 8.09. The standard InChI is InChI=1S/C18H17N5O5/c1-4-10(2)9-22-17(25)13(8-19)11(3)16(18(22)26)21-20-14-7-12(23(27)28)5-6-15(14)24/h4-7,10,24-25H,1,9H2,2-3H3. The maximum atomic E-state index is 12.7. The molecule has 10 nitrogen and oxygen atoms in total. The maximum absolute atomic E-state index is 12.7. The van der Waals surface area contributed by atoms with Gasteiger partial charge in [-0.2, -0.15) is 5.26 Å². The van der Waals surface area contributed by atoms with Crippen molar-refractivity contribution in [2.24, 2.45) is 16.1 Å². The zero-order valence-corrected chi connectivity index (χ0v) is 15.2. The number of phenolic OH excluding ortho intramolecular Hbond substituents is 1. The number of aromatic nitrogens is 1. The maximum Gasteiger partial charge on any atom is 0.281 e. The summed E-state index contributed by atoms with van der Waals surface area (Å²) in [4.78, 5) is 23.0. The number of nitro groups is 1. The van der Waals surface area contributed by atoms with Crippen LogP contribution in [0.15, 0.2) is 45.9 Å². The number of azo groups is 1. The number of aromatic hydroxyl groups is 2. The number of rotatable bonds is 6. The van der Waals surface area contributed by atoms with Crippen LogP contribution in [-0.2, 0) is 6.54 Å². The van der Waals surface area contributed by atoms with Gasteiger partial charge in [-0.05, 0) is 18.9 Å². The molecule has 0 aliphatic rings.